The number of oxazole rings is 1. The molecule has 2 heterocycles. The average molecular weight is 224 g/mol. The molecule has 0 saturated carbocycles. The Morgan fingerprint density at radius 3 is 3.25 bits per heavy atom. The van der Waals surface area contributed by atoms with Gasteiger partial charge in [0.15, 0.2) is 5.89 Å². The Morgan fingerprint density at radius 2 is 2.56 bits per heavy atom. The van der Waals surface area contributed by atoms with Gasteiger partial charge >= 0.3 is 5.97 Å². The Hall–Kier alpha value is -1.36. The first kappa shape index (κ1) is 11.1. The lowest BCUT2D eigenvalue weighted by Crippen LogP contribution is -2.28. The standard InChI is InChI=1S/C11H16N2O3/c14-11(15)4-3-10-13-9(7-16-10)8-2-1-5-12-6-8/h7-8,12H,1-6H2,(H,14,15). The van der Waals surface area contributed by atoms with E-state index in [1.807, 2.05) is 0 Å². The normalized spacial score (nSPS) is 20.9. The molecule has 1 fully saturated rings. The summed E-state index contributed by atoms with van der Waals surface area (Å²) in [6.45, 7) is 2.01. The first-order valence-corrected chi connectivity index (χ1v) is 5.62. The minimum absolute atomic E-state index is 0.0723. The van der Waals surface area contributed by atoms with Crippen LogP contribution in [0.2, 0.25) is 0 Å². The van der Waals surface area contributed by atoms with Crippen LogP contribution in [-0.2, 0) is 11.2 Å². The lowest BCUT2D eigenvalue weighted by atomic mass is 9.97. The van der Waals surface area contributed by atoms with E-state index >= 15 is 0 Å². The van der Waals surface area contributed by atoms with Crippen molar-refractivity contribution in [2.75, 3.05) is 13.1 Å². The number of nitrogens with one attached hydrogen (secondary N) is 1. The SMILES string of the molecule is O=C(O)CCc1nc(C2CCCNC2)co1. The number of hydrogen-bond acceptors (Lipinski definition) is 4. The van der Waals surface area contributed by atoms with Gasteiger partial charge in [-0.1, -0.05) is 0 Å². The van der Waals surface area contributed by atoms with Gasteiger partial charge in [-0.05, 0) is 19.4 Å². The van der Waals surface area contributed by atoms with E-state index in [-0.39, 0.29) is 6.42 Å². The van der Waals surface area contributed by atoms with Gasteiger partial charge in [0, 0.05) is 18.9 Å². The summed E-state index contributed by atoms with van der Waals surface area (Å²) in [5.74, 6) is 0.123. The number of aromatic nitrogens is 1. The van der Waals surface area contributed by atoms with Crippen LogP contribution in [-0.4, -0.2) is 29.1 Å². The Bertz CT molecular complexity index is 356. The Morgan fingerprint density at radius 1 is 1.69 bits per heavy atom. The van der Waals surface area contributed by atoms with E-state index in [0.29, 0.717) is 18.2 Å². The van der Waals surface area contributed by atoms with Crippen LogP contribution in [0.1, 0.15) is 36.8 Å². The fraction of sp³-hybridized carbons (Fsp3) is 0.636. The van der Waals surface area contributed by atoms with E-state index in [1.165, 1.54) is 0 Å². The van der Waals surface area contributed by atoms with Crippen LogP contribution in [0, 0.1) is 0 Å². The van der Waals surface area contributed by atoms with E-state index in [0.717, 1.165) is 31.6 Å². The predicted octanol–water partition coefficient (Wildman–Crippen LogP) is 1.16. The molecule has 5 heteroatoms. The first-order valence-electron chi connectivity index (χ1n) is 5.62. The van der Waals surface area contributed by atoms with Gasteiger partial charge in [-0.25, -0.2) is 4.98 Å². The van der Waals surface area contributed by atoms with Gasteiger partial charge in [-0.3, -0.25) is 4.79 Å². The molecule has 0 amide bonds. The van der Waals surface area contributed by atoms with Crippen LogP contribution in [0.4, 0.5) is 0 Å². The highest BCUT2D eigenvalue weighted by atomic mass is 16.4. The van der Waals surface area contributed by atoms with Crippen LogP contribution in [0.5, 0.6) is 0 Å². The molecule has 0 radical (unpaired) electrons. The number of nitrogens with zero attached hydrogens (tertiary/aromatic N) is 1. The van der Waals surface area contributed by atoms with Crippen molar-refractivity contribution in [2.45, 2.75) is 31.6 Å². The summed E-state index contributed by atoms with van der Waals surface area (Å²) in [5.41, 5.74) is 0.951. The summed E-state index contributed by atoms with van der Waals surface area (Å²) in [6.07, 6.45) is 4.38. The molecule has 1 aliphatic heterocycles. The summed E-state index contributed by atoms with van der Waals surface area (Å²) in [4.78, 5) is 14.7. The van der Waals surface area contributed by atoms with Crippen molar-refractivity contribution in [3.8, 4) is 0 Å². The lowest BCUT2D eigenvalue weighted by molar-refractivity contribution is -0.137. The van der Waals surface area contributed by atoms with Crippen molar-refractivity contribution >= 4 is 5.97 Å². The molecule has 1 unspecified atom stereocenters. The maximum atomic E-state index is 10.4. The Balaban J connectivity index is 1.93. The largest absolute Gasteiger partial charge is 0.481 e. The fourth-order valence-electron chi connectivity index (χ4n) is 1.95. The molecule has 0 bridgehead atoms. The molecule has 0 spiro atoms. The number of carbonyl (C=O) groups is 1. The first-order chi connectivity index (χ1) is 7.75. The summed E-state index contributed by atoms with van der Waals surface area (Å²) < 4.78 is 5.27. The molecule has 2 rings (SSSR count). The van der Waals surface area contributed by atoms with Gasteiger partial charge < -0.3 is 14.8 Å². The van der Waals surface area contributed by atoms with Crippen LogP contribution >= 0.6 is 0 Å². The smallest absolute Gasteiger partial charge is 0.303 e. The molecule has 1 saturated heterocycles. The second-order valence-corrected chi connectivity index (χ2v) is 4.10. The maximum absolute atomic E-state index is 10.4. The minimum atomic E-state index is -0.820. The van der Waals surface area contributed by atoms with Gasteiger partial charge in [-0.2, -0.15) is 0 Å². The van der Waals surface area contributed by atoms with Crippen LogP contribution in [0.3, 0.4) is 0 Å². The van der Waals surface area contributed by atoms with E-state index in [1.54, 1.807) is 6.26 Å². The molecule has 1 aromatic heterocycles. The van der Waals surface area contributed by atoms with Crippen molar-refractivity contribution in [1.29, 1.82) is 0 Å². The molecule has 5 nitrogen and oxygen atoms in total. The molecule has 88 valence electrons. The van der Waals surface area contributed by atoms with Crippen LogP contribution in [0.25, 0.3) is 0 Å². The summed E-state index contributed by atoms with van der Waals surface area (Å²) in [7, 11) is 0. The second kappa shape index (κ2) is 5.12. The van der Waals surface area contributed by atoms with Crippen LogP contribution < -0.4 is 5.32 Å². The number of hydrogen-bond donors (Lipinski definition) is 2. The third kappa shape index (κ3) is 2.82. The molecule has 0 aromatic carbocycles. The molecular weight excluding hydrogens is 208 g/mol. The maximum Gasteiger partial charge on any atom is 0.303 e. The quantitative estimate of drug-likeness (QED) is 0.802. The van der Waals surface area contributed by atoms with Crippen molar-refractivity contribution in [3.05, 3.63) is 17.8 Å². The zero-order valence-corrected chi connectivity index (χ0v) is 9.11. The number of aliphatic carboxylic acids is 1. The van der Waals surface area contributed by atoms with Crippen molar-refractivity contribution in [3.63, 3.8) is 0 Å². The molecule has 0 aliphatic carbocycles. The highest BCUT2D eigenvalue weighted by Crippen LogP contribution is 2.22. The number of carboxylic acid groups (broad SMARTS) is 1. The topological polar surface area (TPSA) is 75.4 Å². The van der Waals surface area contributed by atoms with E-state index in [2.05, 4.69) is 10.3 Å². The highest BCUT2D eigenvalue weighted by Gasteiger charge is 2.18. The third-order valence-electron chi connectivity index (χ3n) is 2.84. The zero-order valence-electron chi connectivity index (χ0n) is 9.11. The number of carboxylic acids is 1. The van der Waals surface area contributed by atoms with Crippen molar-refractivity contribution in [2.24, 2.45) is 0 Å². The van der Waals surface area contributed by atoms with Gasteiger partial charge in [0.2, 0.25) is 0 Å². The summed E-state index contributed by atoms with van der Waals surface area (Å²) in [6, 6.07) is 0. The average Bonchev–Trinajstić information content (AvgIpc) is 2.76. The number of aryl methyl sites for hydroxylation is 1. The Kier molecular flexibility index (Phi) is 3.56. The molecular formula is C11H16N2O3. The third-order valence-corrected chi connectivity index (χ3v) is 2.84. The van der Waals surface area contributed by atoms with E-state index in [9.17, 15) is 4.79 Å². The lowest BCUT2D eigenvalue weighted by Gasteiger charge is -2.20. The van der Waals surface area contributed by atoms with Crippen molar-refractivity contribution < 1.29 is 14.3 Å². The predicted molar refractivity (Wildman–Crippen MR) is 57.3 cm³/mol. The summed E-state index contributed by atoms with van der Waals surface area (Å²) >= 11 is 0. The fourth-order valence-corrected chi connectivity index (χ4v) is 1.95. The van der Waals surface area contributed by atoms with Gasteiger partial charge in [0.1, 0.15) is 6.26 Å². The molecule has 2 N–H and O–H groups in total. The van der Waals surface area contributed by atoms with E-state index < -0.39 is 5.97 Å². The molecule has 1 atom stereocenters. The van der Waals surface area contributed by atoms with Gasteiger partial charge in [0.05, 0.1) is 12.1 Å². The zero-order chi connectivity index (χ0) is 11.4. The van der Waals surface area contributed by atoms with E-state index in [4.69, 9.17) is 9.52 Å². The van der Waals surface area contributed by atoms with Gasteiger partial charge in [-0.15, -0.1) is 0 Å². The number of piperidine rings is 1. The second-order valence-electron chi connectivity index (χ2n) is 4.10. The molecule has 1 aromatic rings. The van der Waals surface area contributed by atoms with Gasteiger partial charge in [0.25, 0.3) is 0 Å². The molecule has 1 aliphatic rings. The minimum Gasteiger partial charge on any atom is -0.481 e. The Labute approximate surface area is 93.9 Å². The number of rotatable bonds is 4. The summed E-state index contributed by atoms with van der Waals surface area (Å²) in [5, 5.41) is 11.9. The monoisotopic (exact) mass is 224 g/mol. The van der Waals surface area contributed by atoms with Crippen LogP contribution in [0.15, 0.2) is 10.7 Å². The highest BCUT2D eigenvalue weighted by molar-refractivity contribution is 5.66. The molecule has 16 heavy (non-hydrogen) atoms. The van der Waals surface area contributed by atoms with Crippen molar-refractivity contribution in [1.82, 2.24) is 10.3 Å².